The van der Waals surface area contributed by atoms with Crippen LogP contribution in [0.5, 0.6) is 0 Å². The van der Waals surface area contributed by atoms with Gasteiger partial charge in [-0.25, -0.2) is 0 Å². The normalized spacial score (nSPS) is 14.1. The number of rotatable bonds is 8. The highest BCUT2D eigenvalue weighted by molar-refractivity contribution is 5.79. The first-order valence-electron chi connectivity index (χ1n) is 7.63. The predicted molar refractivity (Wildman–Crippen MR) is 84.2 cm³/mol. The van der Waals surface area contributed by atoms with E-state index in [1.807, 2.05) is 18.2 Å². The van der Waals surface area contributed by atoms with Crippen molar-refractivity contribution in [1.29, 1.82) is 0 Å². The molecule has 20 heavy (non-hydrogen) atoms. The van der Waals surface area contributed by atoms with Crippen LogP contribution in [0.15, 0.2) is 30.3 Å². The van der Waals surface area contributed by atoms with Crippen LogP contribution < -0.4 is 11.1 Å². The average Bonchev–Trinajstić information content (AvgIpc) is 2.44. The van der Waals surface area contributed by atoms with Crippen LogP contribution in [0.4, 0.5) is 0 Å². The second kappa shape index (κ2) is 8.75. The first-order valence-corrected chi connectivity index (χ1v) is 7.63. The lowest BCUT2D eigenvalue weighted by Gasteiger charge is -2.24. The second-order valence-corrected chi connectivity index (χ2v) is 5.82. The molecule has 112 valence electrons. The molecule has 1 amide bonds. The van der Waals surface area contributed by atoms with Crippen LogP contribution in [0.2, 0.25) is 0 Å². The Morgan fingerprint density at radius 2 is 1.90 bits per heavy atom. The van der Waals surface area contributed by atoms with Gasteiger partial charge in [-0.3, -0.25) is 4.79 Å². The molecule has 0 heterocycles. The molecule has 1 aromatic rings. The molecule has 0 saturated carbocycles. The molecule has 3 N–H and O–H groups in total. The van der Waals surface area contributed by atoms with Crippen molar-refractivity contribution < 1.29 is 4.79 Å². The maximum atomic E-state index is 12.3. The van der Waals surface area contributed by atoms with Gasteiger partial charge in [0.2, 0.25) is 5.91 Å². The van der Waals surface area contributed by atoms with Crippen molar-refractivity contribution in [2.45, 2.75) is 46.1 Å². The molecule has 0 aliphatic rings. The Balaban J connectivity index is 2.77. The fraction of sp³-hybridized carbons (Fsp3) is 0.588. The van der Waals surface area contributed by atoms with Crippen molar-refractivity contribution in [2.24, 2.45) is 17.6 Å². The quantitative estimate of drug-likeness (QED) is 0.765. The van der Waals surface area contributed by atoms with Crippen molar-refractivity contribution in [3.8, 4) is 0 Å². The van der Waals surface area contributed by atoms with Crippen molar-refractivity contribution in [2.75, 3.05) is 6.54 Å². The third-order valence-electron chi connectivity index (χ3n) is 3.52. The second-order valence-electron chi connectivity index (χ2n) is 5.82. The van der Waals surface area contributed by atoms with Gasteiger partial charge in [-0.15, -0.1) is 0 Å². The number of carbonyl (C=O) groups is 1. The van der Waals surface area contributed by atoms with Gasteiger partial charge in [0.25, 0.3) is 0 Å². The van der Waals surface area contributed by atoms with E-state index in [0.717, 1.165) is 19.3 Å². The molecule has 0 aliphatic heterocycles. The summed E-state index contributed by atoms with van der Waals surface area (Å²) < 4.78 is 0. The van der Waals surface area contributed by atoms with E-state index in [-0.39, 0.29) is 17.9 Å². The van der Waals surface area contributed by atoms with E-state index in [1.165, 1.54) is 5.56 Å². The molecule has 0 aromatic heterocycles. The van der Waals surface area contributed by atoms with Gasteiger partial charge in [0.05, 0.1) is 12.0 Å². The molecule has 0 aliphatic carbocycles. The maximum Gasteiger partial charge on any atom is 0.224 e. The van der Waals surface area contributed by atoms with Crippen LogP contribution >= 0.6 is 0 Å². The summed E-state index contributed by atoms with van der Waals surface area (Å²) in [6.45, 7) is 6.85. The van der Waals surface area contributed by atoms with Crippen LogP contribution in [0.25, 0.3) is 0 Å². The van der Waals surface area contributed by atoms with Crippen LogP contribution in [-0.2, 0) is 4.79 Å². The number of amides is 1. The van der Waals surface area contributed by atoms with Gasteiger partial charge < -0.3 is 11.1 Å². The first-order chi connectivity index (χ1) is 9.58. The van der Waals surface area contributed by atoms with E-state index >= 15 is 0 Å². The fourth-order valence-corrected chi connectivity index (χ4v) is 2.43. The highest BCUT2D eigenvalue weighted by atomic mass is 16.1. The number of benzene rings is 1. The molecule has 3 heteroatoms. The SMILES string of the molecule is CCCC(CN)C(=O)NC(CC(C)C)c1ccccc1. The lowest BCUT2D eigenvalue weighted by Crippen LogP contribution is -2.37. The monoisotopic (exact) mass is 276 g/mol. The predicted octanol–water partition coefficient (Wildman–Crippen LogP) is 3.27. The molecular formula is C17H28N2O. The Kier molecular flexibility index (Phi) is 7.31. The van der Waals surface area contributed by atoms with Crippen LogP contribution in [0.1, 0.15) is 51.6 Å². The van der Waals surface area contributed by atoms with Crippen molar-refractivity contribution >= 4 is 5.91 Å². The van der Waals surface area contributed by atoms with Gasteiger partial charge in [-0.05, 0) is 24.3 Å². The molecule has 2 atom stereocenters. The van der Waals surface area contributed by atoms with Gasteiger partial charge in [0, 0.05) is 6.54 Å². The van der Waals surface area contributed by atoms with E-state index < -0.39 is 0 Å². The number of carbonyl (C=O) groups excluding carboxylic acids is 1. The summed E-state index contributed by atoms with van der Waals surface area (Å²) in [6.07, 6.45) is 2.78. The van der Waals surface area contributed by atoms with Gasteiger partial charge >= 0.3 is 0 Å². The van der Waals surface area contributed by atoms with Gasteiger partial charge in [-0.2, -0.15) is 0 Å². The third-order valence-corrected chi connectivity index (χ3v) is 3.52. The molecule has 1 rings (SSSR count). The summed E-state index contributed by atoms with van der Waals surface area (Å²) in [5, 5.41) is 3.18. The molecule has 0 bridgehead atoms. The molecule has 0 saturated heterocycles. The minimum Gasteiger partial charge on any atom is -0.349 e. The van der Waals surface area contributed by atoms with Crippen LogP contribution in [0, 0.1) is 11.8 Å². The maximum absolute atomic E-state index is 12.3. The van der Waals surface area contributed by atoms with Crippen molar-refractivity contribution in [1.82, 2.24) is 5.32 Å². The smallest absolute Gasteiger partial charge is 0.224 e. The first kappa shape index (κ1) is 16.7. The minimum atomic E-state index is -0.0709. The highest BCUT2D eigenvalue weighted by Crippen LogP contribution is 2.22. The lowest BCUT2D eigenvalue weighted by atomic mass is 9.95. The minimum absolute atomic E-state index is 0.0709. The summed E-state index contributed by atoms with van der Waals surface area (Å²) in [5.41, 5.74) is 6.88. The summed E-state index contributed by atoms with van der Waals surface area (Å²) >= 11 is 0. The molecule has 0 radical (unpaired) electrons. The summed E-state index contributed by atoms with van der Waals surface area (Å²) in [4.78, 5) is 12.3. The zero-order valence-corrected chi connectivity index (χ0v) is 12.9. The van der Waals surface area contributed by atoms with Crippen molar-refractivity contribution in [3.05, 3.63) is 35.9 Å². The summed E-state index contributed by atoms with van der Waals surface area (Å²) in [7, 11) is 0. The molecule has 3 nitrogen and oxygen atoms in total. The largest absolute Gasteiger partial charge is 0.349 e. The lowest BCUT2D eigenvalue weighted by molar-refractivity contribution is -0.125. The van der Waals surface area contributed by atoms with Gasteiger partial charge in [0.1, 0.15) is 0 Å². The Bertz CT molecular complexity index is 389. The molecule has 1 aromatic carbocycles. The van der Waals surface area contributed by atoms with E-state index in [9.17, 15) is 4.79 Å². The van der Waals surface area contributed by atoms with E-state index in [0.29, 0.717) is 12.5 Å². The Morgan fingerprint density at radius 1 is 1.25 bits per heavy atom. The van der Waals surface area contributed by atoms with Gasteiger partial charge in [0.15, 0.2) is 0 Å². The Morgan fingerprint density at radius 3 is 2.40 bits per heavy atom. The van der Waals surface area contributed by atoms with Crippen LogP contribution in [0.3, 0.4) is 0 Å². The van der Waals surface area contributed by atoms with E-state index in [1.54, 1.807) is 0 Å². The topological polar surface area (TPSA) is 55.1 Å². The number of nitrogens with two attached hydrogens (primary N) is 1. The Labute approximate surface area is 122 Å². The molecule has 0 spiro atoms. The molecule has 2 unspecified atom stereocenters. The highest BCUT2D eigenvalue weighted by Gasteiger charge is 2.21. The van der Waals surface area contributed by atoms with Crippen LogP contribution in [-0.4, -0.2) is 12.5 Å². The number of hydrogen-bond donors (Lipinski definition) is 2. The Hall–Kier alpha value is -1.35. The molecular weight excluding hydrogens is 248 g/mol. The zero-order valence-electron chi connectivity index (χ0n) is 12.9. The van der Waals surface area contributed by atoms with Crippen molar-refractivity contribution in [3.63, 3.8) is 0 Å². The van der Waals surface area contributed by atoms with E-state index in [2.05, 4.69) is 38.2 Å². The number of hydrogen-bond acceptors (Lipinski definition) is 2. The summed E-state index contributed by atoms with van der Waals surface area (Å²) in [5.74, 6) is 0.547. The molecule has 0 fully saturated rings. The van der Waals surface area contributed by atoms with E-state index in [4.69, 9.17) is 5.73 Å². The summed E-state index contributed by atoms with van der Waals surface area (Å²) in [6, 6.07) is 10.3. The standard InChI is InChI=1S/C17H28N2O/c1-4-8-15(12-18)17(20)19-16(11-13(2)3)14-9-6-5-7-10-14/h5-7,9-10,13,15-16H,4,8,11-12,18H2,1-3H3,(H,19,20). The number of nitrogens with one attached hydrogen (secondary N) is 1. The third kappa shape index (κ3) is 5.33. The average molecular weight is 276 g/mol. The van der Waals surface area contributed by atoms with Gasteiger partial charge in [-0.1, -0.05) is 57.5 Å². The zero-order chi connectivity index (χ0) is 15.0. The fourth-order valence-electron chi connectivity index (χ4n) is 2.43.